The molecule has 0 atom stereocenters. The Morgan fingerprint density at radius 3 is 2.19 bits per heavy atom. The lowest BCUT2D eigenvalue weighted by Crippen LogP contribution is -2.26. The van der Waals surface area contributed by atoms with Gasteiger partial charge in [-0.3, -0.25) is 9.52 Å². The van der Waals surface area contributed by atoms with E-state index in [-0.39, 0.29) is 27.6 Å². The van der Waals surface area contributed by atoms with Crippen molar-refractivity contribution >= 4 is 27.7 Å². The Kier molecular flexibility index (Phi) is 5.55. The van der Waals surface area contributed by atoms with Crippen molar-refractivity contribution in [1.29, 1.82) is 0 Å². The Bertz CT molecular complexity index is 1160. The molecular weight excluding hydrogens is 442 g/mol. The van der Waals surface area contributed by atoms with E-state index in [1.165, 1.54) is 0 Å². The molecule has 1 heterocycles. The van der Waals surface area contributed by atoms with Crippen LogP contribution in [0, 0.1) is 0 Å². The molecule has 0 aliphatic carbocycles. The molecule has 0 saturated heterocycles. The summed E-state index contributed by atoms with van der Waals surface area (Å²) in [5.74, 6) is -3.09. The summed E-state index contributed by atoms with van der Waals surface area (Å²) in [4.78, 5) is 11.0. The zero-order valence-corrected chi connectivity index (χ0v) is 16.8. The van der Waals surface area contributed by atoms with Gasteiger partial charge in [0.15, 0.2) is 11.5 Å². The molecule has 0 fully saturated rings. The van der Waals surface area contributed by atoms with Gasteiger partial charge in [-0.15, -0.1) is 8.78 Å². The number of nitrogens with two attached hydrogens (primary N) is 1. The monoisotopic (exact) mass is 458 g/mol. The number of rotatable bonds is 7. The third-order valence-electron chi connectivity index (χ3n) is 4.01. The number of primary amides is 1. The molecule has 0 unspecified atom stereocenters. The number of phenolic OH excluding ortho intramolecular Hbond substituents is 1. The van der Waals surface area contributed by atoms with Crippen LogP contribution in [0.25, 0.3) is 6.08 Å². The van der Waals surface area contributed by atoms with Gasteiger partial charge < -0.3 is 29.8 Å². The Hall–Kier alpha value is -3.74. The van der Waals surface area contributed by atoms with Crippen molar-refractivity contribution in [3.05, 3.63) is 35.9 Å². The summed E-state index contributed by atoms with van der Waals surface area (Å²) in [7, 11) is -2.13. The molecule has 13 heteroatoms. The molecule has 2 aromatic carbocycles. The predicted molar refractivity (Wildman–Crippen MR) is 103 cm³/mol. The molecule has 31 heavy (non-hydrogen) atoms. The van der Waals surface area contributed by atoms with E-state index in [0.717, 1.165) is 50.6 Å². The number of halogens is 2. The van der Waals surface area contributed by atoms with Crippen molar-refractivity contribution in [2.24, 2.45) is 5.73 Å². The second-order valence-corrected chi connectivity index (χ2v) is 7.70. The maximum atomic E-state index is 13.8. The molecule has 10 nitrogen and oxygen atoms in total. The molecule has 1 aliphatic rings. The zero-order valence-electron chi connectivity index (χ0n) is 16.0. The molecule has 166 valence electrons. The van der Waals surface area contributed by atoms with Crippen LogP contribution in [0.5, 0.6) is 28.7 Å². The number of anilines is 1. The van der Waals surface area contributed by atoms with E-state index in [0.29, 0.717) is 0 Å². The van der Waals surface area contributed by atoms with Gasteiger partial charge in [0.1, 0.15) is 11.4 Å². The largest absolute Gasteiger partial charge is 0.586 e. The molecule has 2 aromatic rings. The number of carbonyl (C=O) groups is 1. The number of methoxy groups -OCH3 is 2. The molecule has 0 bridgehead atoms. The summed E-state index contributed by atoms with van der Waals surface area (Å²) >= 11 is 0. The van der Waals surface area contributed by atoms with Gasteiger partial charge in [0.25, 0.3) is 10.0 Å². The zero-order chi connectivity index (χ0) is 23.0. The average Bonchev–Trinajstić information content (AvgIpc) is 3.00. The highest BCUT2D eigenvalue weighted by Gasteiger charge is 2.49. The second kappa shape index (κ2) is 7.83. The highest BCUT2D eigenvalue weighted by atomic mass is 32.2. The van der Waals surface area contributed by atoms with Crippen molar-refractivity contribution in [2.45, 2.75) is 11.2 Å². The summed E-state index contributed by atoms with van der Waals surface area (Å²) in [6.45, 7) is 0. The minimum absolute atomic E-state index is 0.173. The number of hydrogen-bond acceptors (Lipinski definition) is 8. The summed E-state index contributed by atoms with van der Waals surface area (Å²) in [6.07, 6.45) is -2.18. The predicted octanol–water partition coefficient (Wildman–Crippen LogP) is 2.03. The first-order valence-electron chi connectivity index (χ1n) is 8.36. The van der Waals surface area contributed by atoms with Crippen LogP contribution in [0.1, 0.15) is 5.56 Å². The van der Waals surface area contributed by atoms with Crippen LogP contribution in [0.15, 0.2) is 35.2 Å². The fourth-order valence-corrected chi connectivity index (χ4v) is 3.85. The molecule has 1 aliphatic heterocycles. The molecule has 4 N–H and O–H groups in total. The van der Waals surface area contributed by atoms with Crippen LogP contribution in [0.3, 0.4) is 0 Å². The number of fused-ring (bicyclic) bond motifs is 1. The van der Waals surface area contributed by atoms with Crippen LogP contribution in [-0.2, 0) is 14.8 Å². The molecular formula is C18H16F2N2O8S. The van der Waals surface area contributed by atoms with Gasteiger partial charge in [-0.2, -0.15) is 0 Å². The van der Waals surface area contributed by atoms with E-state index < -0.39 is 39.5 Å². The van der Waals surface area contributed by atoms with Gasteiger partial charge in [0, 0.05) is 11.6 Å². The van der Waals surface area contributed by atoms with Gasteiger partial charge in [0.05, 0.1) is 19.1 Å². The lowest BCUT2D eigenvalue weighted by Gasteiger charge is -2.19. The standard InChI is InChI=1S/C18H16F2N2O8S/c1-27-14-11(7-8-12(21)24)13(15(28-2)17-16(14)29-18(19,20)30-17)22-31(25,26)10-5-3-9(23)4-6-10/h3-8,22-23H,1-2H3,(H2,21,24). The smallest absolute Gasteiger partial charge is 0.508 e. The summed E-state index contributed by atoms with van der Waals surface area (Å²) in [6, 6.07) is 4.50. The minimum Gasteiger partial charge on any atom is -0.508 e. The van der Waals surface area contributed by atoms with Gasteiger partial charge >= 0.3 is 6.29 Å². The van der Waals surface area contributed by atoms with E-state index in [1.54, 1.807) is 0 Å². The van der Waals surface area contributed by atoms with Gasteiger partial charge in [0.2, 0.25) is 17.4 Å². The quantitative estimate of drug-likeness (QED) is 0.534. The fraction of sp³-hybridized carbons (Fsp3) is 0.167. The number of aromatic hydroxyl groups is 1. The van der Waals surface area contributed by atoms with Crippen LogP contribution < -0.4 is 29.4 Å². The maximum absolute atomic E-state index is 13.8. The Morgan fingerprint density at radius 2 is 1.68 bits per heavy atom. The van der Waals surface area contributed by atoms with Gasteiger partial charge in [-0.05, 0) is 30.3 Å². The van der Waals surface area contributed by atoms with Crippen LogP contribution in [0.2, 0.25) is 0 Å². The number of benzene rings is 2. The lowest BCUT2D eigenvalue weighted by molar-refractivity contribution is -0.287. The fourth-order valence-electron chi connectivity index (χ4n) is 2.76. The van der Waals surface area contributed by atoms with Crippen molar-refractivity contribution in [1.82, 2.24) is 0 Å². The van der Waals surface area contributed by atoms with Gasteiger partial charge in [-0.25, -0.2) is 8.42 Å². The molecule has 0 saturated carbocycles. The number of hydrogen-bond donors (Lipinski definition) is 3. The number of alkyl halides is 2. The van der Waals surface area contributed by atoms with Crippen LogP contribution >= 0.6 is 0 Å². The SMILES string of the molecule is COc1c(C=CC(N)=O)c(NS(=O)(=O)c2ccc(O)cc2)c(OC)c2c1OC(F)(F)O2. The number of amides is 1. The van der Waals surface area contributed by atoms with E-state index in [2.05, 4.69) is 14.2 Å². The third kappa shape index (κ3) is 4.26. The first kappa shape index (κ1) is 22.0. The van der Waals surface area contributed by atoms with Crippen LogP contribution in [0.4, 0.5) is 14.5 Å². The molecule has 0 radical (unpaired) electrons. The Labute approximate surface area is 174 Å². The van der Waals surface area contributed by atoms with E-state index in [4.69, 9.17) is 15.2 Å². The minimum atomic E-state index is -4.33. The molecule has 0 spiro atoms. The highest BCUT2D eigenvalue weighted by molar-refractivity contribution is 7.92. The first-order chi connectivity index (χ1) is 14.5. The first-order valence-corrected chi connectivity index (χ1v) is 9.84. The number of ether oxygens (including phenoxy) is 4. The summed E-state index contributed by atoms with van der Waals surface area (Å²) in [5.41, 5.74) is 4.53. The van der Waals surface area contributed by atoms with Crippen molar-refractivity contribution in [3.63, 3.8) is 0 Å². The molecule has 0 aromatic heterocycles. The van der Waals surface area contributed by atoms with E-state index >= 15 is 0 Å². The third-order valence-corrected chi connectivity index (χ3v) is 5.37. The highest BCUT2D eigenvalue weighted by Crippen LogP contribution is 2.58. The number of nitrogens with one attached hydrogen (secondary N) is 1. The normalized spacial score (nSPS) is 14.5. The van der Waals surface area contributed by atoms with E-state index in [1.807, 2.05) is 0 Å². The van der Waals surface area contributed by atoms with Gasteiger partial charge in [-0.1, -0.05) is 0 Å². The maximum Gasteiger partial charge on any atom is 0.586 e. The van der Waals surface area contributed by atoms with E-state index in [9.17, 15) is 27.1 Å². The number of phenols is 1. The number of carbonyl (C=O) groups excluding carboxylic acids is 1. The number of sulfonamides is 1. The van der Waals surface area contributed by atoms with Crippen molar-refractivity contribution < 1.29 is 46.0 Å². The summed E-state index contributed by atoms with van der Waals surface area (Å²) in [5, 5.41) is 9.38. The Morgan fingerprint density at radius 1 is 1.13 bits per heavy atom. The van der Waals surface area contributed by atoms with Crippen LogP contribution in [-0.4, -0.2) is 39.9 Å². The molecule has 1 amide bonds. The Balaban J connectivity index is 2.27. The average molecular weight is 458 g/mol. The molecule has 3 rings (SSSR count). The summed E-state index contributed by atoms with van der Waals surface area (Å²) < 4.78 is 74.7. The second-order valence-electron chi connectivity index (χ2n) is 6.02. The van der Waals surface area contributed by atoms with Crippen molar-refractivity contribution in [3.8, 4) is 28.7 Å². The topological polar surface area (TPSA) is 146 Å². The van der Waals surface area contributed by atoms with Crippen molar-refractivity contribution in [2.75, 3.05) is 18.9 Å². The lowest BCUT2D eigenvalue weighted by atomic mass is 10.1.